The van der Waals surface area contributed by atoms with Crippen LogP contribution >= 0.6 is 0 Å². The van der Waals surface area contributed by atoms with E-state index in [9.17, 15) is 4.79 Å². The van der Waals surface area contributed by atoms with Gasteiger partial charge in [0.25, 0.3) is 0 Å². The van der Waals surface area contributed by atoms with Crippen LogP contribution in [0.15, 0.2) is 12.3 Å². The molecule has 1 fully saturated rings. The van der Waals surface area contributed by atoms with E-state index in [-0.39, 0.29) is 0 Å². The standard InChI is InChI=1S/C16H25N3O2/c1-4-21-16(20)12-7-8-18-15(14(12)17)19-13-6-5-10(2)9-11(13)3/h7-8,10-11,13H,4-6,9,17H2,1-3H3,(H,18,19). The number of nitrogens with zero attached hydrogens (tertiary/aromatic N) is 1. The molecule has 0 bridgehead atoms. The number of nitrogens with two attached hydrogens (primary N) is 1. The van der Waals surface area contributed by atoms with Gasteiger partial charge in [-0.05, 0) is 44.1 Å². The van der Waals surface area contributed by atoms with Gasteiger partial charge in [0, 0.05) is 12.2 Å². The molecule has 3 unspecified atom stereocenters. The van der Waals surface area contributed by atoms with Crippen molar-refractivity contribution in [1.82, 2.24) is 4.98 Å². The lowest BCUT2D eigenvalue weighted by molar-refractivity contribution is 0.0527. The van der Waals surface area contributed by atoms with E-state index in [1.165, 1.54) is 12.8 Å². The summed E-state index contributed by atoms with van der Waals surface area (Å²) in [7, 11) is 0. The molecule has 0 radical (unpaired) electrons. The maximum absolute atomic E-state index is 11.9. The highest BCUT2D eigenvalue weighted by molar-refractivity contribution is 5.97. The number of anilines is 2. The number of carbonyl (C=O) groups is 1. The van der Waals surface area contributed by atoms with E-state index in [0.717, 1.165) is 12.3 Å². The predicted molar refractivity (Wildman–Crippen MR) is 84.2 cm³/mol. The van der Waals surface area contributed by atoms with Gasteiger partial charge in [0.15, 0.2) is 0 Å². The average molecular weight is 291 g/mol. The van der Waals surface area contributed by atoms with Crippen LogP contribution in [0.25, 0.3) is 0 Å². The number of carbonyl (C=O) groups excluding carboxylic acids is 1. The Balaban J connectivity index is 2.13. The molecule has 0 spiro atoms. The van der Waals surface area contributed by atoms with Gasteiger partial charge in [-0.15, -0.1) is 0 Å². The first kappa shape index (κ1) is 15.6. The molecule has 5 nitrogen and oxygen atoms in total. The number of nitrogen functional groups attached to an aromatic ring is 1. The lowest BCUT2D eigenvalue weighted by Crippen LogP contribution is -2.33. The first-order valence-electron chi connectivity index (χ1n) is 7.71. The van der Waals surface area contributed by atoms with E-state index in [1.54, 1.807) is 19.2 Å². The molecule has 0 amide bonds. The van der Waals surface area contributed by atoms with Gasteiger partial charge in [-0.3, -0.25) is 0 Å². The Kier molecular flexibility index (Phi) is 5.04. The molecule has 1 aromatic heterocycles. The minimum atomic E-state index is -0.397. The van der Waals surface area contributed by atoms with Gasteiger partial charge in [-0.2, -0.15) is 0 Å². The largest absolute Gasteiger partial charge is 0.462 e. The first-order valence-corrected chi connectivity index (χ1v) is 7.71. The van der Waals surface area contributed by atoms with Gasteiger partial charge in [-0.1, -0.05) is 13.8 Å². The van der Waals surface area contributed by atoms with Gasteiger partial charge < -0.3 is 15.8 Å². The van der Waals surface area contributed by atoms with Crippen molar-refractivity contribution in [2.75, 3.05) is 17.7 Å². The summed E-state index contributed by atoms with van der Waals surface area (Å²) >= 11 is 0. The predicted octanol–water partition coefficient (Wildman–Crippen LogP) is 3.08. The third-order valence-corrected chi connectivity index (χ3v) is 4.24. The lowest BCUT2D eigenvalue weighted by atomic mass is 9.80. The maximum Gasteiger partial charge on any atom is 0.340 e. The van der Waals surface area contributed by atoms with Crippen molar-refractivity contribution < 1.29 is 9.53 Å². The number of hydrogen-bond donors (Lipinski definition) is 2. The minimum Gasteiger partial charge on any atom is -0.462 e. The van der Waals surface area contributed by atoms with Crippen molar-refractivity contribution >= 4 is 17.5 Å². The minimum absolute atomic E-state index is 0.334. The Morgan fingerprint density at radius 1 is 1.48 bits per heavy atom. The van der Waals surface area contributed by atoms with Crippen LogP contribution in [-0.2, 0) is 4.74 Å². The fraction of sp³-hybridized carbons (Fsp3) is 0.625. The van der Waals surface area contributed by atoms with Crippen LogP contribution in [0, 0.1) is 11.8 Å². The van der Waals surface area contributed by atoms with Gasteiger partial charge in [0.05, 0.1) is 17.9 Å². The van der Waals surface area contributed by atoms with Crippen molar-refractivity contribution in [2.24, 2.45) is 11.8 Å². The molecular weight excluding hydrogens is 266 g/mol. The molecule has 1 heterocycles. The van der Waals surface area contributed by atoms with Crippen LogP contribution in [0.5, 0.6) is 0 Å². The summed E-state index contributed by atoms with van der Waals surface area (Å²) < 4.78 is 5.01. The van der Waals surface area contributed by atoms with Crippen molar-refractivity contribution in [1.29, 1.82) is 0 Å². The Bertz CT molecular complexity index is 504. The summed E-state index contributed by atoms with van der Waals surface area (Å²) in [6, 6.07) is 1.96. The third-order valence-electron chi connectivity index (χ3n) is 4.24. The Morgan fingerprint density at radius 2 is 2.24 bits per heavy atom. The zero-order valence-electron chi connectivity index (χ0n) is 13.1. The number of nitrogens with one attached hydrogen (secondary N) is 1. The summed E-state index contributed by atoms with van der Waals surface area (Å²) in [5.74, 6) is 1.54. The van der Waals surface area contributed by atoms with Crippen molar-refractivity contribution in [2.45, 2.75) is 46.1 Å². The van der Waals surface area contributed by atoms with Crippen molar-refractivity contribution in [3.63, 3.8) is 0 Å². The fourth-order valence-corrected chi connectivity index (χ4v) is 3.03. The third kappa shape index (κ3) is 3.65. The SMILES string of the molecule is CCOC(=O)c1ccnc(NC2CCC(C)CC2C)c1N. The molecule has 0 aromatic carbocycles. The number of hydrogen-bond acceptors (Lipinski definition) is 5. The van der Waals surface area contributed by atoms with Crippen LogP contribution in [0.2, 0.25) is 0 Å². The quantitative estimate of drug-likeness (QED) is 0.834. The molecule has 1 aliphatic carbocycles. The first-order chi connectivity index (χ1) is 10.0. The van der Waals surface area contributed by atoms with Crippen molar-refractivity contribution in [3.8, 4) is 0 Å². The van der Waals surface area contributed by atoms with E-state index < -0.39 is 5.97 Å². The molecule has 2 rings (SSSR count). The van der Waals surface area contributed by atoms with E-state index in [4.69, 9.17) is 10.5 Å². The van der Waals surface area contributed by atoms with Crippen LogP contribution < -0.4 is 11.1 Å². The summed E-state index contributed by atoms with van der Waals surface area (Å²) in [5, 5.41) is 3.41. The molecule has 5 heteroatoms. The molecule has 21 heavy (non-hydrogen) atoms. The highest BCUT2D eigenvalue weighted by Crippen LogP contribution is 2.32. The molecule has 3 atom stereocenters. The fourth-order valence-electron chi connectivity index (χ4n) is 3.03. The number of aromatic nitrogens is 1. The van der Waals surface area contributed by atoms with Crippen molar-refractivity contribution in [3.05, 3.63) is 17.8 Å². The number of pyridine rings is 1. The molecule has 1 saturated carbocycles. The zero-order chi connectivity index (χ0) is 15.4. The summed E-state index contributed by atoms with van der Waals surface area (Å²) in [6.45, 7) is 6.65. The molecule has 3 N–H and O–H groups in total. The normalized spacial score (nSPS) is 25.4. The second kappa shape index (κ2) is 6.78. The van der Waals surface area contributed by atoms with Crippen LogP contribution in [0.4, 0.5) is 11.5 Å². The Labute approximate surface area is 126 Å². The topological polar surface area (TPSA) is 77.2 Å². The van der Waals surface area contributed by atoms with Crippen LogP contribution in [0.1, 0.15) is 50.4 Å². The number of rotatable bonds is 4. The average Bonchev–Trinajstić information content (AvgIpc) is 2.44. The number of esters is 1. The molecule has 1 aliphatic rings. The number of ether oxygens (including phenoxy) is 1. The lowest BCUT2D eigenvalue weighted by Gasteiger charge is -2.33. The van der Waals surface area contributed by atoms with E-state index >= 15 is 0 Å². The highest BCUT2D eigenvalue weighted by atomic mass is 16.5. The van der Waals surface area contributed by atoms with Gasteiger partial charge in [-0.25, -0.2) is 9.78 Å². The van der Waals surface area contributed by atoms with E-state index in [0.29, 0.717) is 35.6 Å². The van der Waals surface area contributed by atoms with Crippen LogP contribution in [0.3, 0.4) is 0 Å². The summed E-state index contributed by atoms with van der Waals surface area (Å²) in [6.07, 6.45) is 5.11. The zero-order valence-corrected chi connectivity index (χ0v) is 13.1. The Morgan fingerprint density at radius 3 is 2.90 bits per heavy atom. The second-order valence-corrected chi connectivity index (χ2v) is 5.99. The molecule has 0 aliphatic heterocycles. The van der Waals surface area contributed by atoms with Gasteiger partial charge in [0.1, 0.15) is 5.82 Å². The van der Waals surface area contributed by atoms with E-state index in [2.05, 4.69) is 24.1 Å². The molecular formula is C16H25N3O2. The second-order valence-electron chi connectivity index (χ2n) is 5.99. The molecule has 116 valence electrons. The molecule has 1 aromatic rings. The summed E-state index contributed by atoms with van der Waals surface area (Å²) in [4.78, 5) is 16.1. The molecule has 0 saturated heterocycles. The Hall–Kier alpha value is -1.78. The van der Waals surface area contributed by atoms with Gasteiger partial charge >= 0.3 is 5.97 Å². The summed E-state index contributed by atoms with van der Waals surface area (Å²) in [5.41, 5.74) is 6.84. The van der Waals surface area contributed by atoms with E-state index in [1.807, 2.05) is 0 Å². The monoisotopic (exact) mass is 291 g/mol. The smallest absolute Gasteiger partial charge is 0.340 e. The van der Waals surface area contributed by atoms with Crippen LogP contribution in [-0.4, -0.2) is 23.6 Å². The van der Waals surface area contributed by atoms with Gasteiger partial charge in [0.2, 0.25) is 0 Å². The highest BCUT2D eigenvalue weighted by Gasteiger charge is 2.26. The maximum atomic E-state index is 11.9.